The fraction of sp³-hybridized carbons (Fsp3) is 1.00. The van der Waals surface area contributed by atoms with Gasteiger partial charge in [-0.15, -0.1) is 0 Å². The molecule has 0 spiro atoms. The highest BCUT2D eigenvalue weighted by Gasteiger charge is 2.39. The maximum atomic E-state index is 5.55. The van der Waals surface area contributed by atoms with Gasteiger partial charge in [0.25, 0.3) is 0 Å². The van der Waals surface area contributed by atoms with Crippen LogP contribution in [0.1, 0.15) is 46.5 Å². The number of rotatable bonds is 4. The summed E-state index contributed by atoms with van der Waals surface area (Å²) in [5.74, 6) is 0. The molecule has 2 aliphatic rings. The third kappa shape index (κ3) is 3.25. The molecule has 1 heterocycles. The van der Waals surface area contributed by atoms with Gasteiger partial charge < -0.3 is 10.1 Å². The molecule has 2 rings (SSSR count). The average molecular weight is 254 g/mol. The first-order valence-electron chi connectivity index (χ1n) is 7.56. The van der Waals surface area contributed by atoms with Crippen molar-refractivity contribution in [3.05, 3.63) is 0 Å². The van der Waals surface area contributed by atoms with Crippen molar-refractivity contribution >= 4 is 0 Å². The topological polar surface area (TPSA) is 24.5 Å². The van der Waals surface area contributed by atoms with Gasteiger partial charge >= 0.3 is 0 Å². The van der Waals surface area contributed by atoms with Gasteiger partial charge in [-0.2, -0.15) is 0 Å². The van der Waals surface area contributed by atoms with Crippen LogP contribution in [0, 0.1) is 5.41 Å². The highest BCUT2D eigenvalue weighted by molar-refractivity contribution is 4.95. The van der Waals surface area contributed by atoms with Crippen LogP contribution >= 0.6 is 0 Å². The van der Waals surface area contributed by atoms with Crippen molar-refractivity contribution in [3.63, 3.8) is 0 Å². The molecular weight excluding hydrogens is 224 g/mol. The lowest BCUT2D eigenvalue weighted by atomic mass is 9.72. The fourth-order valence-corrected chi connectivity index (χ4v) is 3.59. The number of likely N-dealkylation sites (N-methyl/N-ethyl adjacent to an activating group) is 2. The molecule has 2 fully saturated rings. The van der Waals surface area contributed by atoms with E-state index in [9.17, 15) is 0 Å². The van der Waals surface area contributed by atoms with Crippen LogP contribution in [0.4, 0.5) is 0 Å². The number of hydrogen-bond donors (Lipinski definition) is 1. The standard InChI is InChI=1S/C15H30N2O/c1-5-16-13-6-8-15(2,3)10-14(13)17(4)12-7-9-18-11-12/h12-14,16H,5-11H2,1-4H3. The third-order valence-corrected chi connectivity index (χ3v) is 4.83. The minimum atomic E-state index is 0.490. The smallest absolute Gasteiger partial charge is 0.0622 e. The summed E-state index contributed by atoms with van der Waals surface area (Å²) in [7, 11) is 2.30. The average Bonchev–Trinajstić information content (AvgIpc) is 2.84. The van der Waals surface area contributed by atoms with E-state index < -0.39 is 0 Å². The minimum absolute atomic E-state index is 0.490. The van der Waals surface area contributed by atoms with Gasteiger partial charge in [0.05, 0.1) is 6.61 Å². The molecule has 1 saturated heterocycles. The molecule has 0 aromatic rings. The van der Waals surface area contributed by atoms with Gasteiger partial charge in [-0.3, -0.25) is 4.90 Å². The summed E-state index contributed by atoms with van der Waals surface area (Å²) < 4.78 is 5.55. The summed E-state index contributed by atoms with van der Waals surface area (Å²) in [5, 5.41) is 3.69. The molecule has 3 nitrogen and oxygen atoms in total. The second kappa shape index (κ2) is 5.89. The van der Waals surface area contributed by atoms with Crippen LogP contribution in [0.25, 0.3) is 0 Å². The summed E-state index contributed by atoms with van der Waals surface area (Å²) in [4.78, 5) is 2.60. The summed E-state index contributed by atoms with van der Waals surface area (Å²) in [6, 6.07) is 1.96. The molecule has 0 aromatic heterocycles. The van der Waals surface area contributed by atoms with Gasteiger partial charge in [0, 0.05) is 24.7 Å². The Bertz CT molecular complexity index is 261. The van der Waals surface area contributed by atoms with E-state index in [2.05, 4.69) is 38.0 Å². The van der Waals surface area contributed by atoms with Crippen LogP contribution in [0.2, 0.25) is 0 Å². The largest absolute Gasteiger partial charge is 0.380 e. The molecule has 3 heteroatoms. The molecule has 0 bridgehead atoms. The summed E-state index contributed by atoms with van der Waals surface area (Å²) in [6.45, 7) is 10.00. The monoisotopic (exact) mass is 254 g/mol. The first-order chi connectivity index (χ1) is 8.53. The van der Waals surface area contributed by atoms with E-state index in [4.69, 9.17) is 4.74 Å². The Hall–Kier alpha value is -0.120. The Morgan fingerprint density at radius 3 is 2.72 bits per heavy atom. The summed E-state index contributed by atoms with van der Waals surface area (Å²) in [5.41, 5.74) is 0.490. The van der Waals surface area contributed by atoms with E-state index in [-0.39, 0.29) is 0 Å². The second-order valence-electron chi connectivity index (χ2n) is 6.82. The lowest BCUT2D eigenvalue weighted by Gasteiger charge is -2.46. The molecule has 1 aliphatic carbocycles. The van der Waals surface area contributed by atoms with E-state index in [0.29, 0.717) is 23.5 Å². The molecule has 1 N–H and O–H groups in total. The fourth-order valence-electron chi connectivity index (χ4n) is 3.59. The molecule has 1 aliphatic heterocycles. The molecule has 3 unspecified atom stereocenters. The van der Waals surface area contributed by atoms with Gasteiger partial charge in [-0.25, -0.2) is 0 Å². The number of ether oxygens (including phenoxy) is 1. The maximum Gasteiger partial charge on any atom is 0.0622 e. The van der Waals surface area contributed by atoms with Crippen LogP contribution in [0.3, 0.4) is 0 Å². The predicted molar refractivity (Wildman–Crippen MR) is 75.9 cm³/mol. The number of hydrogen-bond acceptors (Lipinski definition) is 3. The van der Waals surface area contributed by atoms with Gasteiger partial charge in [-0.1, -0.05) is 20.8 Å². The van der Waals surface area contributed by atoms with E-state index >= 15 is 0 Å². The molecular formula is C15H30N2O. The van der Waals surface area contributed by atoms with Crippen LogP contribution < -0.4 is 5.32 Å². The summed E-state index contributed by atoms with van der Waals surface area (Å²) >= 11 is 0. The van der Waals surface area contributed by atoms with Crippen molar-refractivity contribution in [1.29, 1.82) is 0 Å². The Morgan fingerprint density at radius 2 is 2.11 bits per heavy atom. The third-order valence-electron chi connectivity index (χ3n) is 4.83. The van der Waals surface area contributed by atoms with E-state index in [1.54, 1.807) is 0 Å². The van der Waals surface area contributed by atoms with E-state index in [0.717, 1.165) is 19.8 Å². The quantitative estimate of drug-likeness (QED) is 0.833. The van der Waals surface area contributed by atoms with Crippen molar-refractivity contribution in [2.24, 2.45) is 5.41 Å². The Labute approximate surface area is 112 Å². The predicted octanol–water partition coefficient (Wildman–Crippen LogP) is 2.26. The van der Waals surface area contributed by atoms with Crippen molar-refractivity contribution in [3.8, 4) is 0 Å². The van der Waals surface area contributed by atoms with Gasteiger partial charge in [0.2, 0.25) is 0 Å². The SMILES string of the molecule is CCNC1CCC(C)(C)CC1N(C)C1CCOC1. The van der Waals surface area contributed by atoms with E-state index in [1.165, 1.54) is 25.7 Å². The highest BCUT2D eigenvalue weighted by atomic mass is 16.5. The number of nitrogens with zero attached hydrogens (tertiary/aromatic N) is 1. The molecule has 3 atom stereocenters. The van der Waals surface area contributed by atoms with Crippen molar-refractivity contribution < 1.29 is 4.74 Å². The zero-order valence-electron chi connectivity index (χ0n) is 12.5. The van der Waals surface area contributed by atoms with Gasteiger partial charge in [0.15, 0.2) is 0 Å². The van der Waals surface area contributed by atoms with Crippen LogP contribution in [-0.2, 0) is 4.74 Å². The molecule has 0 radical (unpaired) electrons. The first kappa shape index (κ1) is 14.3. The summed E-state index contributed by atoms with van der Waals surface area (Å²) in [6.07, 6.45) is 5.16. The molecule has 0 amide bonds. The van der Waals surface area contributed by atoms with Crippen molar-refractivity contribution in [1.82, 2.24) is 10.2 Å². The normalized spacial score (nSPS) is 36.2. The Kier molecular flexibility index (Phi) is 4.68. The van der Waals surface area contributed by atoms with Gasteiger partial charge in [-0.05, 0) is 44.7 Å². The number of nitrogens with one attached hydrogen (secondary N) is 1. The van der Waals surface area contributed by atoms with Crippen LogP contribution in [0.5, 0.6) is 0 Å². The van der Waals surface area contributed by atoms with Crippen molar-refractivity contribution in [2.75, 3.05) is 26.8 Å². The first-order valence-corrected chi connectivity index (χ1v) is 7.56. The Morgan fingerprint density at radius 1 is 1.33 bits per heavy atom. The molecule has 0 aromatic carbocycles. The maximum absolute atomic E-state index is 5.55. The molecule has 1 saturated carbocycles. The van der Waals surface area contributed by atoms with Gasteiger partial charge in [0.1, 0.15) is 0 Å². The lowest BCUT2D eigenvalue weighted by Crippen LogP contribution is -2.56. The van der Waals surface area contributed by atoms with Crippen molar-refractivity contribution in [2.45, 2.75) is 64.6 Å². The molecule has 18 heavy (non-hydrogen) atoms. The minimum Gasteiger partial charge on any atom is -0.380 e. The lowest BCUT2D eigenvalue weighted by molar-refractivity contribution is 0.0499. The zero-order chi connectivity index (χ0) is 13.2. The second-order valence-corrected chi connectivity index (χ2v) is 6.82. The van der Waals surface area contributed by atoms with E-state index in [1.807, 2.05) is 0 Å². The highest BCUT2D eigenvalue weighted by Crippen LogP contribution is 2.38. The molecule has 106 valence electrons. The zero-order valence-corrected chi connectivity index (χ0v) is 12.5. The van der Waals surface area contributed by atoms with Crippen LogP contribution in [0.15, 0.2) is 0 Å². The van der Waals surface area contributed by atoms with Crippen LogP contribution in [-0.4, -0.2) is 49.8 Å². The Balaban J connectivity index is 2.03.